The third-order valence-corrected chi connectivity index (χ3v) is 4.54. The van der Waals surface area contributed by atoms with E-state index in [1.807, 2.05) is 26.0 Å². The average molecular weight is 344 g/mol. The third kappa shape index (κ3) is 2.51. The summed E-state index contributed by atoms with van der Waals surface area (Å²) in [5.74, 6) is 0.664. The summed E-state index contributed by atoms with van der Waals surface area (Å²) >= 11 is 0. The first-order chi connectivity index (χ1) is 11.9. The second kappa shape index (κ2) is 5.41. The van der Waals surface area contributed by atoms with Crippen LogP contribution in [0.3, 0.4) is 0 Å². The Morgan fingerprint density at radius 3 is 2.64 bits per heavy atom. The van der Waals surface area contributed by atoms with Gasteiger partial charge in [0, 0.05) is 16.5 Å². The highest BCUT2D eigenvalue weighted by molar-refractivity contribution is 5.94. The van der Waals surface area contributed by atoms with Gasteiger partial charge in [-0.1, -0.05) is 12.1 Å². The molecule has 25 heavy (non-hydrogen) atoms. The van der Waals surface area contributed by atoms with Gasteiger partial charge in [-0.15, -0.1) is 0 Å². The monoisotopic (exact) mass is 344 g/mol. The summed E-state index contributed by atoms with van der Waals surface area (Å²) in [4.78, 5) is 0. The van der Waals surface area contributed by atoms with Crippen LogP contribution in [0.4, 0.5) is 13.2 Å². The molecular formula is C20H15F3O2. The Balaban J connectivity index is 1.92. The molecule has 3 aromatic rings. The van der Waals surface area contributed by atoms with E-state index in [1.54, 1.807) is 12.3 Å². The molecule has 0 fully saturated rings. The molecule has 4 rings (SSSR count). The van der Waals surface area contributed by atoms with Gasteiger partial charge in [-0.05, 0) is 54.8 Å². The molecule has 2 nitrogen and oxygen atoms in total. The minimum atomic E-state index is -4.37. The van der Waals surface area contributed by atoms with Crippen molar-refractivity contribution < 1.29 is 22.3 Å². The highest BCUT2D eigenvalue weighted by atomic mass is 19.4. The van der Waals surface area contributed by atoms with Crippen molar-refractivity contribution in [2.24, 2.45) is 0 Å². The van der Waals surface area contributed by atoms with Crippen LogP contribution in [0.1, 0.15) is 27.8 Å². The van der Waals surface area contributed by atoms with Crippen LogP contribution in [0.15, 0.2) is 47.1 Å². The predicted molar refractivity (Wildman–Crippen MR) is 89.7 cm³/mol. The van der Waals surface area contributed by atoms with Crippen molar-refractivity contribution in [1.29, 1.82) is 0 Å². The molecule has 0 atom stereocenters. The maximum atomic E-state index is 13.1. The summed E-state index contributed by atoms with van der Waals surface area (Å²) in [6, 6.07) is 7.32. The molecule has 0 N–H and O–H groups in total. The van der Waals surface area contributed by atoms with Gasteiger partial charge in [0.15, 0.2) is 0 Å². The molecule has 1 aromatic heterocycles. The fraction of sp³-hybridized carbons (Fsp3) is 0.200. The standard InChI is InChI=1S/C20H15F3O2/c1-11-10-25-18-12(2)19-17(9-16(11)18)15(6-7-24-19)13-4-3-5-14(8-13)20(21,22)23/h3-6,8-10H,7H2,1-2H3. The molecular weight excluding hydrogens is 329 g/mol. The van der Waals surface area contributed by atoms with E-state index >= 15 is 0 Å². The number of ether oxygens (including phenoxy) is 1. The lowest BCUT2D eigenvalue weighted by Crippen LogP contribution is -2.09. The number of halogens is 3. The minimum absolute atomic E-state index is 0.310. The molecule has 128 valence electrons. The number of furan rings is 1. The van der Waals surface area contributed by atoms with Gasteiger partial charge in [-0.25, -0.2) is 0 Å². The normalized spacial score (nSPS) is 14.2. The number of rotatable bonds is 1. The quantitative estimate of drug-likeness (QED) is 0.549. The average Bonchev–Trinajstić information content (AvgIpc) is 2.96. The zero-order valence-corrected chi connectivity index (χ0v) is 13.7. The first kappa shape index (κ1) is 15.8. The van der Waals surface area contributed by atoms with E-state index in [-0.39, 0.29) is 0 Å². The summed E-state index contributed by atoms with van der Waals surface area (Å²) in [6.45, 7) is 4.15. The van der Waals surface area contributed by atoms with Crippen LogP contribution < -0.4 is 4.74 Å². The Hall–Kier alpha value is -2.69. The van der Waals surface area contributed by atoms with Crippen molar-refractivity contribution in [3.05, 3.63) is 70.5 Å². The molecule has 5 heteroatoms. The first-order valence-corrected chi connectivity index (χ1v) is 7.88. The zero-order valence-electron chi connectivity index (χ0n) is 13.7. The van der Waals surface area contributed by atoms with Gasteiger partial charge in [0.2, 0.25) is 0 Å². The van der Waals surface area contributed by atoms with Crippen molar-refractivity contribution in [1.82, 2.24) is 0 Å². The van der Waals surface area contributed by atoms with Gasteiger partial charge in [0.25, 0.3) is 0 Å². The lowest BCUT2D eigenvalue weighted by atomic mass is 9.91. The van der Waals surface area contributed by atoms with E-state index < -0.39 is 11.7 Å². The van der Waals surface area contributed by atoms with Crippen molar-refractivity contribution in [3.63, 3.8) is 0 Å². The highest BCUT2D eigenvalue weighted by Crippen LogP contribution is 2.42. The fourth-order valence-electron chi connectivity index (χ4n) is 3.28. The van der Waals surface area contributed by atoms with Crippen LogP contribution in [0.5, 0.6) is 5.75 Å². The largest absolute Gasteiger partial charge is 0.488 e. The van der Waals surface area contributed by atoms with E-state index in [1.165, 1.54) is 12.1 Å². The fourth-order valence-corrected chi connectivity index (χ4v) is 3.28. The minimum Gasteiger partial charge on any atom is -0.488 e. The number of alkyl halides is 3. The van der Waals surface area contributed by atoms with Gasteiger partial charge >= 0.3 is 6.18 Å². The van der Waals surface area contributed by atoms with Gasteiger partial charge in [0.05, 0.1) is 11.8 Å². The number of hydrogen-bond donors (Lipinski definition) is 0. The van der Waals surface area contributed by atoms with Crippen molar-refractivity contribution in [2.75, 3.05) is 6.61 Å². The van der Waals surface area contributed by atoms with E-state index in [0.717, 1.165) is 39.3 Å². The van der Waals surface area contributed by atoms with Crippen LogP contribution in [0.2, 0.25) is 0 Å². The van der Waals surface area contributed by atoms with Gasteiger partial charge in [0.1, 0.15) is 17.9 Å². The zero-order chi connectivity index (χ0) is 17.8. The van der Waals surface area contributed by atoms with E-state index in [4.69, 9.17) is 9.15 Å². The Kier molecular flexibility index (Phi) is 3.42. The Labute approximate surface area is 142 Å². The smallest absolute Gasteiger partial charge is 0.416 e. The van der Waals surface area contributed by atoms with Crippen LogP contribution in [0, 0.1) is 13.8 Å². The molecule has 0 amide bonds. The molecule has 0 spiro atoms. The van der Waals surface area contributed by atoms with E-state index in [0.29, 0.717) is 17.9 Å². The topological polar surface area (TPSA) is 22.4 Å². The summed E-state index contributed by atoms with van der Waals surface area (Å²) in [7, 11) is 0. The van der Waals surface area contributed by atoms with Gasteiger partial charge < -0.3 is 9.15 Å². The van der Waals surface area contributed by atoms with Crippen LogP contribution in [-0.2, 0) is 6.18 Å². The SMILES string of the molecule is Cc1coc2c(C)c3c(cc12)C(c1cccc(C(F)(F)F)c1)=CCO3. The maximum absolute atomic E-state index is 13.1. The first-order valence-electron chi connectivity index (χ1n) is 7.88. The lowest BCUT2D eigenvalue weighted by molar-refractivity contribution is -0.137. The third-order valence-electron chi connectivity index (χ3n) is 4.54. The molecule has 0 saturated heterocycles. The number of fused-ring (bicyclic) bond motifs is 2. The Morgan fingerprint density at radius 2 is 1.88 bits per heavy atom. The number of aryl methyl sites for hydroxylation is 2. The summed E-state index contributed by atoms with van der Waals surface area (Å²) in [5.41, 5.74) is 4.00. The second-order valence-corrected chi connectivity index (χ2v) is 6.18. The van der Waals surface area contributed by atoms with Crippen LogP contribution in [-0.4, -0.2) is 6.61 Å². The predicted octanol–water partition coefficient (Wildman–Crippen LogP) is 5.89. The van der Waals surface area contributed by atoms with Gasteiger partial charge in [-0.2, -0.15) is 13.2 Å². The molecule has 1 aliphatic heterocycles. The molecule has 2 aromatic carbocycles. The number of benzene rings is 2. The highest BCUT2D eigenvalue weighted by Gasteiger charge is 2.31. The maximum Gasteiger partial charge on any atom is 0.416 e. The van der Waals surface area contributed by atoms with Crippen molar-refractivity contribution in [3.8, 4) is 5.75 Å². The molecule has 0 bridgehead atoms. The van der Waals surface area contributed by atoms with Crippen LogP contribution >= 0.6 is 0 Å². The van der Waals surface area contributed by atoms with E-state index in [9.17, 15) is 13.2 Å². The van der Waals surface area contributed by atoms with E-state index in [2.05, 4.69) is 0 Å². The summed E-state index contributed by atoms with van der Waals surface area (Å²) in [6.07, 6.45) is -0.874. The number of hydrogen-bond acceptors (Lipinski definition) is 2. The summed E-state index contributed by atoms with van der Waals surface area (Å²) in [5, 5.41) is 0.944. The lowest BCUT2D eigenvalue weighted by Gasteiger charge is -2.22. The summed E-state index contributed by atoms with van der Waals surface area (Å²) < 4.78 is 50.5. The molecule has 0 saturated carbocycles. The molecule has 2 heterocycles. The Bertz CT molecular complexity index is 1010. The molecule has 0 radical (unpaired) electrons. The van der Waals surface area contributed by atoms with Crippen LogP contribution in [0.25, 0.3) is 16.5 Å². The van der Waals surface area contributed by atoms with Crippen molar-refractivity contribution in [2.45, 2.75) is 20.0 Å². The molecule has 0 unspecified atom stereocenters. The second-order valence-electron chi connectivity index (χ2n) is 6.18. The van der Waals surface area contributed by atoms with Crippen molar-refractivity contribution >= 4 is 16.5 Å². The van der Waals surface area contributed by atoms with Gasteiger partial charge in [-0.3, -0.25) is 0 Å². The molecule has 0 aliphatic carbocycles. The Morgan fingerprint density at radius 1 is 1.08 bits per heavy atom. The molecule has 1 aliphatic rings.